The van der Waals surface area contributed by atoms with Crippen molar-refractivity contribution in [1.82, 2.24) is 4.90 Å². The van der Waals surface area contributed by atoms with Crippen molar-refractivity contribution in [2.75, 3.05) is 19.6 Å². The van der Waals surface area contributed by atoms with Gasteiger partial charge in [0.05, 0.1) is 0 Å². The van der Waals surface area contributed by atoms with E-state index in [1.807, 2.05) is 6.07 Å². The minimum Gasteiger partial charge on any atom is -0.329 e. The van der Waals surface area contributed by atoms with Crippen LogP contribution in [0.15, 0.2) is 22.7 Å². The molecule has 1 heterocycles. The summed E-state index contributed by atoms with van der Waals surface area (Å²) in [6.07, 6.45) is 3.69. The van der Waals surface area contributed by atoms with Crippen LogP contribution in [0.5, 0.6) is 0 Å². The molecule has 2 nitrogen and oxygen atoms in total. The molecule has 106 valence electrons. The van der Waals surface area contributed by atoms with Gasteiger partial charge in [0, 0.05) is 29.2 Å². The first-order valence-electron chi connectivity index (χ1n) is 7.04. The van der Waals surface area contributed by atoms with Gasteiger partial charge in [-0.05, 0) is 43.5 Å². The number of halogens is 2. The molecule has 1 fully saturated rings. The normalized spacial score (nSPS) is 21.8. The minimum atomic E-state index is -0.155. The van der Waals surface area contributed by atoms with Gasteiger partial charge in [-0.1, -0.05) is 29.3 Å². The molecule has 0 saturated carbocycles. The summed E-state index contributed by atoms with van der Waals surface area (Å²) in [7, 11) is 0. The second-order valence-electron chi connectivity index (χ2n) is 5.36. The van der Waals surface area contributed by atoms with E-state index < -0.39 is 0 Å². The van der Waals surface area contributed by atoms with Crippen LogP contribution < -0.4 is 5.73 Å². The second kappa shape index (κ2) is 6.82. The quantitative estimate of drug-likeness (QED) is 0.892. The minimum absolute atomic E-state index is 0.000596. The number of likely N-dealkylation sites (tertiary alicyclic amines) is 1. The molecule has 2 atom stereocenters. The highest BCUT2D eigenvalue weighted by molar-refractivity contribution is 9.10. The van der Waals surface area contributed by atoms with Crippen LogP contribution in [0.4, 0.5) is 4.39 Å². The van der Waals surface area contributed by atoms with Gasteiger partial charge in [0.15, 0.2) is 0 Å². The van der Waals surface area contributed by atoms with E-state index in [1.54, 1.807) is 6.07 Å². The zero-order valence-corrected chi connectivity index (χ0v) is 13.0. The third-order valence-corrected chi connectivity index (χ3v) is 4.49. The summed E-state index contributed by atoms with van der Waals surface area (Å²) in [6.45, 7) is 4.75. The lowest BCUT2D eigenvalue weighted by atomic mass is 10.0. The van der Waals surface area contributed by atoms with E-state index in [4.69, 9.17) is 5.73 Å². The van der Waals surface area contributed by atoms with Crippen LogP contribution in [0.3, 0.4) is 0 Å². The number of rotatable bonds is 5. The Kier molecular flexibility index (Phi) is 5.37. The van der Waals surface area contributed by atoms with E-state index in [0.717, 1.165) is 23.5 Å². The first-order chi connectivity index (χ1) is 9.15. The highest BCUT2D eigenvalue weighted by Crippen LogP contribution is 2.31. The van der Waals surface area contributed by atoms with Crippen molar-refractivity contribution >= 4 is 15.9 Å². The molecule has 2 rings (SSSR count). The zero-order chi connectivity index (χ0) is 13.8. The maximum atomic E-state index is 14.0. The van der Waals surface area contributed by atoms with E-state index in [9.17, 15) is 4.39 Å². The fourth-order valence-corrected chi connectivity index (χ4v) is 3.41. The van der Waals surface area contributed by atoms with E-state index in [-0.39, 0.29) is 11.9 Å². The molecule has 1 aliphatic heterocycles. The van der Waals surface area contributed by atoms with Gasteiger partial charge in [0.1, 0.15) is 5.82 Å². The Hall–Kier alpha value is -0.450. The first-order valence-corrected chi connectivity index (χ1v) is 7.84. The van der Waals surface area contributed by atoms with Crippen LogP contribution >= 0.6 is 15.9 Å². The zero-order valence-electron chi connectivity index (χ0n) is 11.4. The van der Waals surface area contributed by atoms with Crippen molar-refractivity contribution < 1.29 is 4.39 Å². The van der Waals surface area contributed by atoms with Gasteiger partial charge in [-0.3, -0.25) is 4.90 Å². The van der Waals surface area contributed by atoms with Gasteiger partial charge in [-0.2, -0.15) is 0 Å². The molecule has 0 aromatic heterocycles. The Morgan fingerprint density at radius 3 is 3.00 bits per heavy atom. The van der Waals surface area contributed by atoms with Gasteiger partial charge >= 0.3 is 0 Å². The Labute approximate surface area is 123 Å². The van der Waals surface area contributed by atoms with Crippen molar-refractivity contribution in [3.63, 3.8) is 0 Å². The highest BCUT2D eigenvalue weighted by Gasteiger charge is 2.29. The summed E-state index contributed by atoms with van der Waals surface area (Å²) < 4.78 is 14.9. The first kappa shape index (κ1) is 14.9. The SMILES string of the molecule is CCCC1CCN(C(CN)c2cc(Br)ccc2F)C1. The monoisotopic (exact) mass is 328 g/mol. The molecule has 1 aromatic rings. The maximum absolute atomic E-state index is 14.0. The van der Waals surface area contributed by atoms with Crippen molar-refractivity contribution in [3.05, 3.63) is 34.1 Å². The van der Waals surface area contributed by atoms with Crippen molar-refractivity contribution in [2.24, 2.45) is 11.7 Å². The summed E-state index contributed by atoms with van der Waals surface area (Å²) >= 11 is 3.41. The molecule has 2 N–H and O–H groups in total. The van der Waals surface area contributed by atoms with Crippen molar-refractivity contribution in [3.8, 4) is 0 Å². The summed E-state index contributed by atoms with van der Waals surface area (Å²) in [5.74, 6) is 0.590. The lowest BCUT2D eigenvalue weighted by Crippen LogP contribution is -2.32. The fraction of sp³-hybridized carbons (Fsp3) is 0.600. The molecule has 4 heteroatoms. The fourth-order valence-electron chi connectivity index (χ4n) is 3.03. The molecule has 0 aliphatic carbocycles. The Balaban J connectivity index is 2.14. The molecule has 1 saturated heterocycles. The van der Waals surface area contributed by atoms with Crippen molar-refractivity contribution in [2.45, 2.75) is 32.2 Å². The van der Waals surface area contributed by atoms with Crippen LogP contribution in [0.25, 0.3) is 0 Å². The van der Waals surface area contributed by atoms with Crippen LogP contribution in [0.2, 0.25) is 0 Å². The molecule has 2 unspecified atom stereocenters. The molecule has 0 amide bonds. The lowest BCUT2D eigenvalue weighted by Gasteiger charge is -2.27. The van der Waals surface area contributed by atoms with Gasteiger partial charge in [0.25, 0.3) is 0 Å². The van der Waals surface area contributed by atoms with E-state index in [1.165, 1.54) is 25.3 Å². The van der Waals surface area contributed by atoms with Crippen molar-refractivity contribution in [1.29, 1.82) is 0 Å². The summed E-state index contributed by atoms with van der Waals surface area (Å²) in [6, 6.07) is 5.11. The second-order valence-corrected chi connectivity index (χ2v) is 6.27. The summed E-state index contributed by atoms with van der Waals surface area (Å²) in [5.41, 5.74) is 6.62. The smallest absolute Gasteiger partial charge is 0.128 e. The maximum Gasteiger partial charge on any atom is 0.128 e. The number of hydrogen-bond acceptors (Lipinski definition) is 2. The largest absolute Gasteiger partial charge is 0.329 e. The molecule has 19 heavy (non-hydrogen) atoms. The topological polar surface area (TPSA) is 29.3 Å². The van der Waals surface area contributed by atoms with Gasteiger partial charge in [-0.15, -0.1) is 0 Å². The number of benzene rings is 1. The van der Waals surface area contributed by atoms with Crippen LogP contribution in [0, 0.1) is 11.7 Å². The summed E-state index contributed by atoms with van der Waals surface area (Å²) in [4.78, 5) is 2.34. The molecular formula is C15H22BrFN2. The third-order valence-electron chi connectivity index (χ3n) is 4.00. The molecular weight excluding hydrogens is 307 g/mol. The van der Waals surface area contributed by atoms with E-state index >= 15 is 0 Å². The molecule has 0 bridgehead atoms. The Bertz CT molecular complexity index is 425. The predicted octanol–water partition coefficient (Wildman–Crippen LogP) is 3.71. The standard InChI is InChI=1S/C15H22BrFN2/c1-2-3-11-6-7-19(10-11)15(9-18)13-8-12(16)4-5-14(13)17/h4-5,8,11,15H,2-3,6-7,9-10,18H2,1H3. The highest BCUT2D eigenvalue weighted by atomic mass is 79.9. The molecule has 0 spiro atoms. The van der Waals surface area contributed by atoms with E-state index in [0.29, 0.717) is 12.1 Å². The van der Waals surface area contributed by atoms with Gasteiger partial charge in [0.2, 0.25) is 0 Å². The number of nitrogens with zero attached hydrogens (tertiary/aromatic N) is 1. The predicted molar refractivity (Wildman–Crippen MR) is 80.5 cm³/mol. The van der Waals surface area contributed by atoms with E-state index in [2.05, 4.69) is 27.8 Å². The summed E-state index contributed by atoms with van der Waals surface area (Å²) in [5, 5.41) is 0. The third kappa shape index (κ3) is 3.56. The molecule has 1 aromatic carbocycles. The molecule has 1 aliphatic rings. The Morgan fingerprint density at radius 1 is 1.53 bits per heavy atom. The average molecular weight is 329 g/mol. The lowest BCUT2D eigenvalue weighted by molar-refractivity contribution is 0.235. The van der Waals surface area contributed by atoms with Crippen LogP contribution in [-0.2, 0) is 0 Å². The number of hydrogen-bond donors (Lipinski definition) is 1. The molecule has 0 radical (unpaired) electrons. The number of nitrogens with two attached hydrogens (primary N) is 1. The van der Waals surface area contributed by atoms with Gasteiger partial charge < -0.3 is 5.73 Å². The van der Waals surface area contributed by atoms with Gasteiger partial charge in [-0.25, -0.2) is 4.39 Å². The van der Waals surface area contributed by atoms with Crippen LogP contribution in [0.1, 0.15) is 37.8 Å². The average Bonchev–Trinajstić information content (AvgIpc) is 2.83. The van der Waals surface area contributed by atoms with Crippen LogP contribution in [-0.4, -0.2) is 24.5 Å². The Morgan fingerprint density at radius 2 is 2.32 bits per heavy atom.